The lowest BCUT2D eigenvalue weighted by Crippen LogP contribution is -2.35. The van der Waals surface area contributed by atoms with Crippen molar-refractivity contribution in [3.63, 3.8) is 0 Å². The molecule has 0 bridgehead atoms. The number of amides is 2. The summed E-state index contributed by atoms with van der Waals surface area (Å²) in [5.74, 6) is -1.83. The van der Waals surface area contributed by atoms with E-state index >= 15 is 0 Å². The highest BCUT2D eigenvalue weighted by atomic mass is 79.9. The molecule has 0 aliphatic rings. The Kier molecular flexibility index (Phi) is 6.74. The highest BCUT2D eigenvalue weighted by molar-refractivity contribution is 9.10. The van der Waals surface area contributed by atoms with E-state index in [-0.39, 0.29) is 17.9 Å². The molecule has 0 aliphatic carbocycles. The third-order valence-corrected chi connectivity index (χ3v) is 3.82. The van der Waals surface area contributed by atoms with Crippen LogP contribution in [0.4, 0.5) is 5.69 Å². The third kappa shape index (κ3) is 5.89. The number of hydrogen-bond donors (Lipinski definition) is 3. The molecule has 2 rings (SSSR count). The number of anilines is 1. The van der Waals surface area contributed by atoms with Gasteiger partial charge in [0, 0.05) is 10.2 Å². The molecule has 0 fully saturated rings. The summed E-state index contributed by atoms with van der Waals surface area (Å²) in [6.07, 6.45) is 0. The maximum Gasteiger partial charge on any atom is 0.338 e. The number of carbonyl (C=O) groups excluding carboxylic acids is 3. The van der Waals surface area contributed by atoms with Crippen molar-refractivity contribution in [1.82, 2.24) is 5.32 Å². The molecule has 0 heterocycles. The maximum atomic E-state index is 11.9. The predicted octanol–water partition coefficient (Wildman–Crippen LogP) is 2.37. The first-order valence-corrected chi connectivity index (χ1v) is 8.43. The number of aromatic hydroxyl groups is 1. The van der Waals surface area contributed by atoms with Crippen LogP contribution in [0.5, 0.6) is 5.75 Å². The zero-order valence-corrected chi connectivity index (χ0v) is 15.5. The van der Waals surface area contributed by atoms with Crippen molar-refractivity contribution >= 4 is 39.4 Å². The first-order valence-electron chi connectivity index (χ1n) is 7.64. The van der Waals surface area contributed by atoms with Crippen molar-refractivity contribution < 1.29 is 24.2 Å². The van der Waals surface area contributed by atoms with Gasteiger partial charge in [-0.15, -0.1) is 0 Å². The van der Waals surface area contributed by atoms with Crippen LogP contribution in [0, 0.1) is 6.92 Å². The second-order valence-electron chi connectivity index (χ2n) is 5.41. The van der Waals surface area contributed by atoms with Crippen LogP contribution in [0.2, 0.25) is 0 Å². The summed E-state index contributed by atoms with van der Waals surface area (Å²) in [5, 5.41) is 14.4. The molecule has 0 aliphatic heterocycles. The Morgan fingerprint density at radius 3 is 2.58 bits per heavy atom. The van der Waals surface area contributed by atoms with E-state index in [4.69, 9.17) is 4.74 Å². The van der Waals surface area contributed by atoms with Crippen LogP contribution in [0.15, 0.2) is 46.9 Å². The van der Waals surface area contributed by atoms with Gasteiger partial charge in [0.25, 0.3) is 5.91 Å². The van der Waals surface area contributed by atoms with Crippen molar-refractivity contribution in [2.75, 3.05) is 18.5 Å². The van der Waals surface area contributed by atoms with E-state index in [2.05, 4.69) is 26.6 Å². The monoisotopic (exact) mass is 420 g/mol. The topological polar surface area (TPSA) is 105 Å². The molecule has 0 saturated heterocycles. The molecule has 136 valence electrons. The number of aryl methyl sites for hydroxylation is 1. The van der Waals surface area contributed by atoms with Gasteiger partial charge in [0.05, 0.1) is 12.1 Å². The average Bonchev–Trinajstić information content (AvgIpc) is 2.60. The van der Waals surface area contributed by atoms with E-state index in [0.717, 1.165) is 10.0 Å². The van der Waals surface area contributed by atoms with Gasteiger partial charge in [0.15, 0.2) is 6.61 Å². The van der Waals surface area contributed by atoms with Crippen molar-refractivity contribution in [1.29, 1.82) is 0 Å². The van der Waals surface area contributed by atoms with Crippen molar-refractivity contribution in [3.05, 3.63) is 58.1 Å². The first kappa shape index (κ1) is 19.5. The van der Waals surface area contributed by atoms with Crippen LogP contribution in [0.3, 0.4) is 0 Å². The molecule has 2 aromatic carbocycles. The summed E-state index contributed by atoms with van der Waals surface area (Å²) >= 11 is 3.34. The molecule has 8 heteroatoms. The van der Waals surface area contributed by atoms with Gasteiger partial charge in [-0.25, -0.2) is 4.79 Å². The van der Waals surface area contributed by atoms with Gasteiger partial charge < -0.3 is 20.5 Å². The normalized spacial score (nSPS) is 10.1. The molecule has 0 radical (unpaired) electrons. The molecule has 2 aromatic rings. The summed E-state index contributed by atoms with van der Waals surface area (Å²) in [7, 11) is 0. The van der Waals surface area contributed by atoms with Crippen LogP contribution in [-0.2, 0) is 14.3 Å². The van der Waals surface area contributed by atoms with Gasteiger partial charge >= 0.3 is 5.97 Å². The number of phenolic OH excluding ortho intramolecular Hbond substituents is 1. The van der Waals surface area contributed by atoms with Gasteiger partial charge in [0.1, 0.15) is 5.75 Å². The second-order valence-corrected chi connectivity index (χ2v) is 6.33. The number of nitrogens with one attached hydrogen (secondary N) is 2. The van der Waals surface area contributed by atoms with Gasteiger partial charge in [-0.1, -0.05) is 22.0 Å². The second kappa shape index (κ2) is 9.00. The average molecular weight is 421 g/mol. The summed E-state index contributed by atoms with van der Waals surface area (Å²) in [6, 6.07) is 11.0. The third-order valence-electron chi connectivity index (χ3n) is 3.32. The Balaban J connectivity index is 1.76. The Morgan fingerprint density at radius 2 is 1.88 bits per heavy atom. The molecule has 0 unspecified atom stereocenters. The van der Waals surface area contributed by atoms with E-state index in [1.165, 1.54) is 24.3 Å². The number of esters is 1. The van der Waals surface area contributed by atoms with Crippen molar-refractivity contribution in [3.8, 4) is 5.75 Å². The molecule has 0 atom stereocenters. The smallest absolute Gasteiger partial charge is 0.338 e. The van der Waals surface area contributed by atoms with E-state index < -0.39 is 24.4 Å². The molecule has 26 heavy (non-hydrogen) atoms. The SMILES string of the molecule is Cc1cc(Br)ccc1NC(=O)CNC(=O)COC(=O)c1cccc(O)c1. The molecular formula is C18H17BrN2O5. The van der Waals surface area contributed by atoms with Crippen LogP contribution >= 0.6 is 15.9 Å². The summed E-state index contributed by atoms with van der Waals surface area (Å²) in [5.41, 5.74) is 1.64. The first-order chi connectivity index (χ1) is 12.3. The Morgan fingerprint density at radius 1 is 1.12 bits per heavy atom. The number of ether oxygens (including phenoxy) is 1. The standard InChI is InChI=1S/C18H17BrN2O5/c1-11-7-13(19)5-6-15(11)21-16(23)9-20-17(24)10-26-18(25)12-3-2-4-14(22)8-12/h2-8,22H,9-10H2,1H3,(H,20,24)(H,21,23). The highest BCUT2D eigenvalue weighted by Crippen LogP contribution is 2.19. The van der Waals surface area contributed by atoms with Gasteiger partial charge in [0.2, 0.25) is 5.91 Å². The number of phenols is 1. The maximum absolute atomic E-state index is 11.9. The quantitative estimate of drug-likeness (QED) is 0.622. The van der Waals surface area contributed by atoms with Crippen molar-refractivity contribution in [2.24, 2.45) is 0 Å². The highest BCUT2D eigenvalue weighted by Gasteiger charge is 2.12. The van der Waals surface area contributed by atoms with Gasteiger partial charge in [-0.2, -0.15) is 0 Å². The Bertz CT molecular complexity index is 838. The van der Waals surface area contributed by atoms with Gasteiger partial charge in [-0.3, -0.25) is 9.59 Å². The molecule has 0 saturated carbocycles. The number of hydrogen-bond acceptors (Lipinski definition) is 5. The van der Waals surface area contributed by atoms with Crippen LogP contribution in [-0.4, -0.2) is 36.0 Å². The Labute approximate surface area is 158 Å². The largest absolute Gasteiger partial charge is 0.508 e. The minimum atomic E-state index is -0.744. The Hall–Kier alpha value is -2.87. The zero-order valence-electron chi connectivity index (χ0n) is 13.9. The molecule has 7 nitrogen and oxygen atoms in total. The molecule has 2 amide bonds. The number of carbonyl (C=O) groups is 3. The van der Waals surface area contributed by atoms with E-state index in [0.29, 0.717) is 5.69 Å². The fourth-order valence-corrected chi connectivity index (χ4v) is 2.51. The van der Waals surface area contributed by atoms with Crippen molar-refractivity contribution in [2.45, 2.75) is 6.92 Å². The predicted molar refractivity (Wildman–Crippen MR) is 98.9 cm³/mol. The van der Waals surface area contributed by atoms with Gasteiger partial charge in [-0.05, 0) is 48.9 Å². The van der Waals surface area contributed by atoms with Crippen LogP contribution in [0.1, 0.15) is 15.9 Å². The lowest BCUT2D eigenvalue weighted by molar-refractivity contribution is -0.126. The summed E-state index contributed by atoms with van der Waals surface area (Å²) in [6.45, 7) is 1.07. The van der Waals surface area contributed by atoms with E-state index in [1.807, 2.05) is 13.0 Å². The lowest BCUT2D eigenvalue weighted by Gasteiger charge is -2.10. The lowest BCUT2D eigenvalue weighted by atomic mass is 10.2. The summed E-state index contributed by atoms with van der Waals surface area (Å²) in [4.78, 5) is 35.3. The van der Waals surface area contributed by atoms with Crippen LogP contribution in [0.25, 0.3) is 0 Å². The minimum Gasteiger partial charge on any atom is -0.508 e. The molecule has 0 spiro atoms. The summed E-state index contributed by atoms with van der Waals surface area (Å²) < 4.78 is 5.73. The van der Waals surface area contributed by atoms with Crippen LogP contribution < -0.4 is 10.6 Å². The molecule has 0 aromatic heterocycles. The molecule has 3 N–H and O–H groups in total. The fourth-order valence-electron chi connectivity index (χ4n) is 2.04. The molecular weight excluding hydrogens is 404 g/mol. The van der Waals surface area contributed by atoms with E-state index in [9.17, 15) is 19.5 Å². The number of halogens is 1. The minimum absolute atomic E-state index is 0.0798. The number of rotatable bonds is 6. The zero-order chi connectivity index (χ0) is 19.1. The number of benzene rings is 2. The fraction of sp³-hybridized carbons (Fsp3) is 0.167. The van der Waals surface area contributed by atoms with E-state index in [1.54, 1.807) is 12.1 Å².